The Labute approximate surface area is 172 Å². The molecule has 0 unspecified atom stereocenters. The van der Waals surface area contributed by atoms with Crippen LogP contribution < -0.4 is 0 Å². The molecule has 0 aliphatic rings. The summed E-state index contributed by atoms with van der Waals surface area (Å²) in [4.78, 5) is 68.0. The summed E-state index contributed by atoms with van der Waals surface area (Å²) >= 11 is 0. The second-order valence-corrected chi connectivity index (χ2v) is 7.38. The van der Waals surface area contributed by atoms with Gasteiger partial charge in [-0.3, -0.25) is 19.2 Å². The monoisotopic (exact) mass is 410 g/mol. The number of ketones is 6. The Bertz CT molecular complexity index is 528. The van der Waals surface area contributed by atoms with E-state index in [4.69, 9.17) is 4.74 Å². The van der Waals surface area contributed by atoms with Crippen LogP contribution in [0.5, 0.6) is 0 Å². The van der Waals surface area contributed by atoms with E-state index in [0.717, 1.165) is 0 Å². The summed E-state index contributed by atoms with van der Waals surface area (Å²) in [6, 6.07) is 0. The fourth-order valence-electron chi connectivity index (χ4n) is 2.53. The second-order valence-electron chi connectivity index (χ2n) is 7.38. The molecule has 164 valence electrons. The molecule has 0 amide bonds. The highest BCUT2D eigenvalue weighted by Gasteiger charge is 2.09. The van der Waals surface area contributed by atoms with Crippen LogP contribution in [0.3, 0.4) is 0 Å². The zero-order chi connectivity index (χ0) is 22.1. The molecule has 0 N–H and O–H groups in total. The van der Waals surface area contributed by atoms with Gasteiger partial charge in [-0.15, -0.1) is 0 Å². The summed E-state index contributed by atoms with van der Waals surface area (Å²) < 4.78 is 5.40. The number of hydrogen-bond donors (Lipinski definition) is 0. The Morgan fingerprint density at radius 2 is 0.724 bits per heavy atom. The van der Waals surface area contributed by atoms with E-state index in [-0.39, 0.29) is 86.1 Å². The van der Waals surface area contributed by atoms with Crippen LogP contribution >= 0.6 is 0 Å². The van der Waals surface area contributed by atoms with E-state index in [2.05, 4.69) is 0 Å². The van der Waals surface area contributed by atoms with Crippen LogP contribution in [0.25, 0.3) is 0 Å². The minimum absolute atomic E-state index is 0.00870. The van der Waals surface area contributed by atoms with Gasteiger partial charge in [0.1, 0.15) is 34.7 Å². The molecule has 0 aromatic rings. The molecule has 0 aliphatic carbocycles. The molecule has 7 heteroatoms. The zero-order valence-corrected chi connectivity index (χ0v) is 17.8. The highest BCUT2D eigenvalue weighted by atomic mass is 16.5. The van der Waals surface area contributed by atoms with Crippen molar-refractivity contribution in [2.24, 2.45) is 0 Å². The average Bonchev–Trinajstić information content (AvgIpc) is 2.66. The molecule has 0 aliphatic heterocycles. The van der Waals surface area contributed by atoms with Crippen LogP contribution in [0.15, 0.2) is 0 Å². The van der Waals surface area contributed by atoms with Crippen LogP contribution in [-0.4, -0.2) is 47.9 Å². The molecular weight excluding hydrogens is 376 g/mol. The average molecular weight is 411 g/mol. The normalized spacial score (nSPS) is 10.6. The van der Waals surface area contributed by atoms with Crippen molar-refractivity contribution in [1.82, 2.24) is 0 Å². The van der Waals surface area contributed by atoms with Crippen molar-refractivity contribution < 1.29 is 33.5 Å². The standard InChI is InChI=1S/C22H34O7/c1-17(23)7-9-21(27)13-11-19(25)5-3-15-29-16-4-6-20(26)12-14-22(28)10-8-18(2)24/h3-16H2,1-2H3. The van der Waals surface area contributed by atoms with E-state index in [1.165, 1.54) is 13.8 Å². The molecule has 0 aromatic heterocycles. The van der Waals surface area contributed by atoms with Gasteiger partial charge < -0.3 is 14.3 Å². The van der Waals surface area contributed by atoms with E-state index >= 15 is 0 Å². The van der Waals surface area contributed by atoms with Gasteiger partial charge in [0, 0.05) is 77.4 Å². The number of Topliss-reactive ketones (excluding diaryl/α,β-unsaturated/α-hetero) is 6. The Morgan fingerprint density at radius 1 is 0.448 bits per heavy atom. The predicted octanol–water partition coefficient (Wildman–Crippen LogP) is 3.14. The van der Waals surface area contributed by atoms with E-state index < -0.39 is 0 Å². The molecule has 7 nitrogen and oxygen atoms in total. The molecule has 0 saturated carbocycles. The lowest BCUT2D eigenvalue weighted by molar-refractivity contribution is -0.125. The number of carbonyl (C=O) groups excluding carboxylic acids is 6. The molecule has 0 atom stereocenters. The molecule has 0 heterocycles. The first-order valence-corrected chi connectivity index (χ1v) is 10.3. The fraction of sp³-hybridized carbons (Fsp3) is 0.727. The summed E-state index contributed by atoms with van der Waals surface area (Å²) in [5, 5.41) is 0. The topological polar surface area (TPSA) is 112 Å². The van der Waals surface area contributed by atoms with Gasteiger partial charge in [0.2, 0.25) is 0 Å². The van der Waals surface area contributed by atoms with Crippen molar-refractivity contribution in [3.8, 4) is 0 Å². The van der Waals surface area contributed by atoms with Crippen molar-refractivity contribution in [2.45, 2.75) is 90.9 Å². The molecule has 0 fully saturated rings. The lowest BCUT2D eigenvalue weighted by Gasteiger charge is -2.04. The van der Waals surface area contributed by atoms with Crippen LogP contribution in [0.4, 0.5) is 0 Å². The van der Waals surface area contributed by atoms with E-state index in [9.17, 15) is 28.8 Å². The molecule has 0 spiro atoms. The maximum Gasteiger partial charge on any atom is 0.133 e. The van der Waals surface area contributed by atoms with Crippen molar-refractivity contribution in [3.63, 3.8) is 0 Å². The van der Waals surface area contributed by atoms with Gasteiger partial charge >= 0.3 is 0 Å². The fourth-order valence-corrected chi connectivity index (χ4v) is 2.53. The number of ether oxygens (including phenoxy) is 1. The molecular formula is C22H34O7. The lowest BCUT2D eigenvalue weighted by Crippen LogP contribution is -2.08. The predicted molar refractivity (Wildman–Crippen MR) is 108 cm³/mol. The molecule has 0 saturated heterocycles. The third-order valence-corrected chi connectivity index (χ3v) is 4.37. The van der Waals surface area contributed by atoms with Gasteiger partial charge in [0.05, 0.1) is 0 Å². The van der Waals surface area contributed by atoms with E-state index in [0.29, 0.717) is 38.9 Å². The largest absolute Gasteiger partial charge is 0.381 e. The second kappa shape index (κ2) is 16.9. The molecule has 29 heavy (non-hydrogen) atoms. The van der Waals surface area contributed by atoms with Crippen LogP contribution in [0.1, 0.15) is 90.9 Å². The first kappa shape index (κ1) is 27.0. The molecule has 0 aromatic carbocycles. The Hall–Kier alpha value is -2.02. The highest BCUT2D eigenvalue weighted by molar-refractivity contribution is 5.89. The van der Waals surface area contributed by atoms with Gasteiger partial charge in [0.15, 0.2) is 0 Å². The van der Waals surface area contributed by atoms with Gasteiger partial charge in [-0.2, -0.15) is 0 Å². The third kappa shape index (κ3) is 19.1. The maximum absolute atomic E-state index is 11.7. The lowest BCUT2D eigenvalue weighted by atomic mass is 10.0. The van der Waals surface area contributed by atoms with Crippen LogP contribution in [0.2, 0.25) is 0 Å². The molecule has 0 rings (SSSR count). The van der Waals surface area contributed by atoms with Crippen molar-refractivity contribution >= 4 is 34.7 Å². The van der Waals surface area contributed by atoms with Crippen LogP contribution in [-0.2, 0) is 33.5 Å². The van der Waals surface area contributed by atoms with Crippen molar-refractivity contribution in [3.05, 3.63) is 0 Å². The smallest absolute Gasteiger partial charge is 0.133 e. The summed E-state index contributed by atoms with van der Waals surface area (Å²) in [5.41, 5.74) is 0. The first-order valence-electron chi connectivity index (χ1n) is 10.3. The SMILES string of the molecule is CC(=O)CCC(=O)CCC(=O)CCCOCCCC(=O)CCC(=O)CCC(C)=O. The first-order chi connectivity index (χ1) is 13.7. The van der Waals surface area contributed by atoms with E-state index in [1.807, 2.05) is 0 Å². The summed E-state index contributed by atoms with van der Waals surface area (Å²) in [5.74, 6) is -0.155. The minimum atomic E-state index is -0.0602. The molecule has 0 bridgehead atoms. The van der Waals surface area contributed by atoms with Gasteiger partial charge in [-0.05, 0) is 26.7 Å². The summed E-state index contributed by atoms with van der Waals surface area (Å²) in [6.07, 6.45) is 3.50. The summed E-state index contributed by atoms with van der Waals surface area (Å²) in [7, 11) is 0. The van der Waals surface area contributed by atoms with Crippen molar-refractivity contribution in [1.29, 1.82) is 0 Å². The quantitative estimate of drug-likeness (QED) is 0.283. The van der Waals surface area contributed by atoms with E-state index in [1.54, 1.807) is 0 Å². The van der Waals surface area contributed by atoms with Crippen LogP contribution in [0, 0.1) is 0 Å². The molecule has 0 radical (unpaired) electrons. The van der Waals surface area contributed by atoms with Gasteiger partial charge in [0.25, 0.3) is 0 Å². The highest BCUT2D eigenvalue weighted by Crippen LogP contribution is 2.06. The summed E-state index contributed by atoms with van der Waals surface area (Å²) in [6.45, 7) is 3.71. The Morgan fingerprint density at radius 3 is 1.03 bits per heavy atom. The Kier molecular flexibility index (Phi) is 15.7. The zero-order valence-electron chi connectivity index (χ0n) is 17.8. The van der Waals surface area contributed by atoms with Crippen molar-refractivity contribution in [2.75, 3.05) is 13.2 Å². The number of rotatable bonds is 20. The minimum Gasteiger partial charge on any atom is -0.381 e. The third-order valence-electron chi connectivity index (χ3n) is 4.37. The number of hydrogen-bond acceptors (Lipinski definition) is 7. The number of carbonyl (C=O) groups is 6. The van der Waals surface area contributed by atoms with Gasteiger partial charge in [-0.1, -0.05) is 0 Å². The maximum atomic E-state index is 11.7. The Balaban J connectivity index is 3.55. The van der Waals surface area contributed by atoms with Gasteiger partial charge in [-0.25, -0.2) is 0 Å².